The molecule has 1 saturated heterocycles. The number of piperidine rings is 1. The van der Waals surface area contributed by atoms with Gasteiger partial charge in [-0.3, -0.25) is 4.90 Å². The summed E-state index contributed by atoms with van der Waals surface area (Å²) < 4.78 is 5.99. The van der Waals surface area contributed by atoms with Crippen LogP contribution in [0.25, 0.3) is 0 Å². The molecule has 0 amide bonds. The van der Waals surface area contributed by atoms with E-state index in [9.17, 15) is 10.2 Å². The van der Waals surface area contributed by atoms with Gasteiger partial charge in [0, 0.05) is 17.6 Å². The molecule has 2 atom stereocenters. The summed E-state index contributed by atoms with van der Waals surface area (Å²) in [5.41, 5.74) is 0.886. The minimum Gasteiger partial charge on any atom is -0.491 e. The zero-order valence-electron chi connectivity index (χ0n) is 17.3. The molecule has 0 saturated carbocycles. The Morgan fingerprint density at radius 1 is 1.15 bits per heavy atom. The van der Waals surface area contributed by atoms with Crippen LogP contribution in [0.5, 0.6) is 5.75 Å². The predicted octanol–water partition coefficient (Wildman–Crippen LogP) is 3.95. The van der Waals surface area contributed by atoms with Gasteiger partial charge < -0.3 is 14.9 Å². The summed E-state index contributed by atoms with van der Waals surface area (Å²) in [6.45, 7) is 13.8. The van der Waals surface area contributed by atoms with Gasteiger partial charge in [-0.2, -0.15) is 0 Å². The average molecular weight is 364 g/mol. The van der Waals surface area contributed by atoms with Gasteiger partial charge in [0.15, 0.2) is 0 Å². The number of aliphatic hydroxyl groups excluding tert-OH is 2. The normalized spacial score (nSPS) is 22.8. The van der Waals surface area contributed by atoms with Crippen molar-refractivity contribution in [3.05, 3.63) is 29.8 Å². The van der Waals surface area contributed by atoms with Crippen molar-refractivity contribution in [1.82, 2.24) is 4.90 Å². The number of nitrogens with zero attached hydrogens (tertiary/aromatic N) is 1. The van der Waals surface area contributed by atoms with Crippen LogP contribution >= 0.6 is 0 Å². The Balaban J connectivity index is 2.02. The van der Waals surface area contributed by atoms with E-state index in [2.05, 4.69) is 52.5 Å². The Kier molecular flexibility index (Phi) is 6.75. The van der Waals surface area contributed by atoms with Crippen LogP contribution in [0.3, 0.4) is 0 Å². The van der Waals surface area contributed by atoms with Crippen LogP contribution in [0.2, 0.25) is 0 Å². The molecule has 1 aromatic carbocycles. The van der Waals surface area contributed by atoms with Crippen LogP contribution in [0.4, 0.5) is 0 Å². The standard InChI is InChI=1S/C22H37NO3/c1-7-16(2)19-10-8-9-11-20(19)26-15-18(25)14-23-21(3,4)12-17(24)13-22(23,5)6/h8-11,16-18,24-25H,7,12-15H2,1-6H3/t16-,18-/m0/s1. The highest BCUT2D eigenvalue weighted by Gasteiger charge is 2.45. The highest BCUT2D eigenvalue weighted by molar-refractivity contribution is 5.35. The molecule has 1 heterocycles. The van der Waals surface area contributed by atoms with Crippen molar-refractivity contribution in [2.24, 2.45) is 0 Å². The number of benzene rings is 1. The summed E-state index contributed by atoms with van der Waals surface area (Å²) in [6, 6.07) is 8.11. The molecule has 2 rings (SSSR count). The quantitative estimate of drug-likeness (QED) is 0.770. The molecule has 0 bridgehead atoms. The minimum absolute atomic E-state index is 0.156. The van der Waals surface area contributed by atoms with Crippen molar-refractivity contribution in [2.75, 3.05) is 13.2 Å². The molecule has 26 heavy (non-hydrogen) atoms. The van der Waals surface area contributed by atoms with E-state index in [1.54, 1.807) is 0 Å². The van der Waals surface area contributed by atoms with Crippen molar-refractivity contribution in [1.29, 1.82) is 0 Å². The van der Waals surface area contributed by atoms with Gasteiger partial charge in [-0.05, 0) is 64.5 Å². The third kappa shape index (κ3) is 4.99. The first-order valence-corrected chi connectivity index (χ1v) is 9.92. The Hall–Kier alpha value is -1.10. The lowest BCUT2D eigenvalue weighted by atomic mass is 9.78. The monoisotopic (exact) mass is 363 g/mol. The summed E-state index contributed by atoms with van der Waals surface area (Å²) >= 11 is 0. The van der Waals surface area contributed by atoms with E-state index in [0.717, 1.165) is 25.0 Å². The Bertz CT molecular complexity index is 567. The van der Waals surface area contributed by atoms with Crippen LogP contribution in [0, 0.1) is 0 Å². The number of rotatable bonds is 7. The van der Waals surface area contributed by atoms with Crippen LogP contribution < -0.4 is 4.74 Å². The topological polar surface area (TPSA) is 52.9 Å². The summed E-state index contributed by atoms with van der Waals surface area (Å²) in [5, 5.41) is 20.8. The molecule has 4 nitrogen and oxygen atoms in total. The molecule has 148 valence electrons. The largest absolute Gasteiger partial charge is 0.491 e. The van der Waals surface area contributed by atoms with E-state index in [1.807, 2.05) is 18.2 Å². The van der Waals surface area contributed by atoms with Crippen molar-refractivity contribution >= 4 is 0 Å². The van der Waals surface area contributed by atoms with Crippen LogP contribution in [0.1, 0.15) is 72.3 Å². The van der Waals surface area contributed by atoms with E-state index >= 15 is 0 Å². The molecule has 0 unspecified atom stereocenters. The zero-order valence-corrected chi connectivity index (χ0v) is 17.3. The molecular weight excluding hydrogens is 326 g/mol. The fourth-order valence-electron chi connectivity index (χ4n) is 4.45. The van der Waals surface area contributed by atoms with E-state index in [0.29, 0.717) is 12.5 Å². The summed E-state index contributed by atoms with van der Waals surface area (Å²) in [7, 11) is 0. The molecule has 1 aliphatic heterocycles. The first-order chi connectivity index (χ1) is 12.1. The number of para-hydroxylation sites is 1. The van der Waals surface area contributed by atoms with Crippen LogP contribution in [0.15, 0.2) is 24.3 Å². The number of ether oxygens (including phenoxy) is 1. The number of β-amino-alcohol motifs (C(OH)–C–C–N with tert-alkyl or cyclic N) is 1. The first kappa shape index (κ1) is 21.2. The molecule has 1 fully saturated rings. The van der Waals surface area contributed by atoms with Gasteiger partial charge >= 0.3 is 0 Å². The smallest absolute Gasteiger partial charge is 0.122 e. The number of hydrogen-bond donors (Lipinski definition) is 2. The summed E-state index contributed by atoms with van der Waals surface area (Å²) in [6.07, 6.45) is 1.64. The SMILES string of the molecule is CC[C@H](C)c1ccccc1OC[C@@H](O)CN1C(C)(C)CC(O)CC1(C)C. The lowest BCUT2D eigenvalue weighted by Crippen LogP contribution is -2.63. The highest BCUT2D eigenvalue weighted by atomic mass is 16.5. The van der Waals surface area contributed by atoms with E-state index < -0.39 is 6.10 Å². The van der Waals surface area contributed by atoms with Crippen molar-refractivity contribution < 1.29 is 14.9 Å². The Morgan fingerprint density at radius 3 is 2.31 bits per heavy atom. The second-order valence-corrected chi connectivity index (χ2v) is 9.11. The molecule has 0 aliphatic carbocycles. The second-order valence-electron chi connectivity index (χ2n) is 9.11. The fraction of sp³-hybridized carbons (Fsp3) is 0.727. The molecule has 2 N–H and O–H groups in total. The average Bonchev–Trinajstić information content (AvgIpc) is 2.54. The zero-order chi connectivity index (χ0) is 19.5. The minimum atomic E-state index is -0.575. The van der Waals surface area contributed by atoms with E-state index in [4.69, 9.17) is 4.74 Å². The highest BCUT2D eigenvalue weighted by Crippen LogP contribution is 2.38. The number of aliphatic hydroxyl groups is 2. The van der Waals surface area contributed by atoms with Crippen LogP contribution in [-0.2, 0) is 0 Å². The maximum Gasteiger partial charge on any atom is 0.122 e. The second kappa shape index (κ2) is 8.28. The van der Waals surface area contributed by atoms with Crippen LogP contribution in [-0.4, -0.2) is 51.6 Å². The van der Waals surface area contributed by atoms with Crippen molar-refractivity contribution in [2.45, 2.75) is 90.0 Å². The Labute approximate surface area is 159 Å². The van der Waals surface area contributed by atoms with Gasteiger partial charge in [-0.25, -0.2) is 0 Å². The van der Waals surface area contributed by atoms with Gasteiger partial charge in [0.2, 0.25) is 0 Å². The maximum atomic E-state index is 10.7. The summed E-state index contributed by atoms with van der Waals surface area (Å²) in [5.74, 6) is 1.30. The van der Waals surface area contributed by atoms with Crippen molar-refractivity contribution in [3.63, 3.8) is 0 Å². The third-order valence-corrected chi connectivity index (χ3v) is 5.82. The Morgan fingerprint density at radius 2 is 1.73 bits per heavy atom. The number of hydrogen-bond acceptors (Lipinski definition) is 4. The summed E-state index contributed by atoms with van der Waals surface area (Å²) in [4.78, 5) is 2.32. The molecule has 1 aromatic rings. The van der Waals surface area contributed by atoms with Gasteiger partial charge in [-0.1, -0.05) is 32.0 Å². The molecule has 0 spiro atoms. The number of likely N-dealkylation sites (tertiary alicyclic amines) is 1. The van der Waals surface area contributed by atoms with Gasteiger partial charge in [0.25, 0.3) is 0 Å². The molecule has 0 radical (unpaired) electrons. The molecule has 1 aliphatic rings. The van der Waals surface area contributed by atoms with E-state index in [-0.39, 0.29) is 23.8 Å². The maximum absolute atomic E-state index is 10.7. The predicted molar refractivity (Wildman–Crippen MR) is 107 cm³/mol. The van der Waals surface area contributed by atoms with Gasteiger partial charge in [0.1, 0.15) is 18.5 Å². The third-order valence-electron chi connectivity index (χ3n) is 5.82. The molecule has 0 aromatic heterocycles. The van der Waals surface area contributed by atoms with Crippen molar-refractivity contribution in [3.8, 4) is 5.75 Å². The lowest BCUT2D eigenvalue weighted by Gasteiger charge is -2.55. The fourth-order valence-corrected chi connectivity index (χ4v) is 4.45. The van der Waals surface area contributed by atoms with E-state index in [1.165, 1.54) is 5.56 Å². The first-order valence-electron chi connectivity index (χ1n) is 9.92. The van der Waals surface area contributed by atoms with Gasteiger partial charge in [0.05, 0.1) is 6.10 Å². The lowest BCUT2D eigenvalue weighted by molar-refractivity contribution is -0.1000. The molecule has 4 heteroatoms. The van der Waals surface area contributed by atoms with Gasteiger partial charge in [-0.15, -0.1) is 0 Å². The molecular formula is C22H37NO3.